The Morgan fingerprint density at radius 3 is 2.45 bits per heavy atom. The van der Waals surface area contributed by atoms with Crippen molar-refractivity contribution >= 4 is 17.7 Å². The average Bonchev–Trinajstić information content (AvgIpc) is 3.08. The van der Waals surface area contributed by atoms with Crippen LogP contribution in [0.4, 0.5) is 0 Å². The number of carbonyl (C=O) groups is 3. The summed E-state index contributed by atoms with van der Waals surface area (Å²) < 4.78 is 5.26. The molecule has 0 N–H and O–H groups in total. The molecule has 1 amide bonds. The van der Waals surface area contributed by atoms with Gasteiger partial charge in [0.1, 0.15) is 0 Å². The third-order valence-corrected chi connectivity index (χ3v) is 5.55. The molecule has 1 heterocycles. The smallest absolute Gasteiger partial charge is 0.311 e. The monoisotopic (exact) mass is 393 g/mol. The number of Topliss-reactive ketones (excluding diaryl/α,β-unsaturated/α-hetero) is 1. The van der Waals surface area contributed by atoms with E-state index < -0.39 is 11.9 Å². The van der Waals surface area contributed by atoms with Gasteiger partial charge in [-0.3, -0.25) is 14.4 Å². The summed E-state index contributed by atoms with van der Waals surface area (Å²) in [6, 6.07) is 13.7. The molecule has 0 aliphatic carbocycles. The number of carbonyl (C=O) groups excluding carboxylic acids is 3. The van der Waals surface area contributed by atoms with Crippen molar-refractivity contribution in [2.75, 3.05) is 19.7 Å². The second kappa shape index (κ2) is 9.03. The quantitative estimate of drug-likeness (QED) is 0.534. The van der Waals surface area contributed by atoms with Crippen LogP contribution in [0.1, 0.15) is 39.0 Å². The van der Waals surface area contributed by atoms with Crippen LogP contribution in [-0.2, 0) is 20.7 Å². The maximum Gasteiger partial charge on any atom is 0.311 e. The normalized spacial score (nSPS) is 16.2. The van der Waals surface area contributed by atoms with Crippen LogP contribution in [0.5, 0.6) is 0 Å². The highest BCUT2D eigenvalue weighted by atomic mass is 16.5. The number of benzene rings is 2. The minimum atomic E-state index is -0.507. The third kappa shape index (κ3) is 5.11. The van der Waals surface area contributed by atoms with E-state index in [-0.39, 0.29) is 24.7 Å². The van der Waals surface area contributed by atoms with E-state index in [9.17, 15) is 14.4 Å². The van der Waals surface area contributed by atoms with E-state index in [1.54, 1.807) is 4.90 Å². The van der Waals surface area contributed by atoms with Crippen molar-refractivity contribution in [3.05, 3.63) is 70.3 Å². The molecule has 5 nitrogen and oxygen atoms in total. The van der Waals surface area contributed by atoms with Crippen LogP contribution in [0.3, 0.4) is 0 Å². The molecule has 0 saturated carbocycles. The number of hydrogen-bond donors (Lipinski definition) is 0. The Morgan fingerprint density at radius 2 is 1.72 bits per heavy atom. The first-order chi connectivity index (χ1) is 13.8. The van der Waals surface area contributed by atoms with Crippen LogP contribution in [0.15, 0.2) is 42.5 Å². The molecule has 2 aromatic rings. The standard InChI is InChI=1S/C24H27NO4/c1-16-11-18(3)21(12-17(16)2)22(26)15-29-24(28)20-13-23(27)25(14-20)10-9-19-7-5-4-6-8-19/h4-8,11-12,20H,9-10,13-15H2,1-3H3/t20-/m0/s1. The molecule has 29 heavy (non-hydrogen) atoms. The average molecular weight is 393 g/mol. The van der Waals surface area contributed by atoms with Crippen LogP contribution in [-0.4, -0.2) is 42.3 Å². The van der Waals surface area contributed by atoms with E-state index in [0.717, 1.165) is 28.7 Å². The van der Waals surface area contributed by atoms with Crippen molar-refractivity contribution in [1.29, 1.82) is 0 Å². The summed E-state index contributed by atoms with van der Waals surface area (Å²) in [6.45, 7) is 6.45. The molecule has 2 aromatic carbocycles. The fourth-order valence-electron chi connectivity index (χ4n) is 3.65. The molecule has 1 fully saturated rings. The Balaban J connectivity index is 1.51. The Labute approximate surface area is 171 Å². The van der Waals surface area contributed by atoms with Crippen molar-refractivity contribution in [1.82, 2.24) is 4.90 Å². The van der Waals surface area contributed by atoms with Crippen molar-refractivity contribution in [2.24, 2.45) is 5.92 Å². The maximum absolute atomic E-state index is 12.5. The number of ether oxygens (including phenoxy) is 1. The highest BCUT2D eigenvalue weighted by Crippen LogP contribution is 2.21. The van der Waals surface area contributed by atoms with Crippen LogP contribution < -0.4 is 0 Å². The molecule has 0 aromatic heterocycles. The molecule has 0 bridgehead atoms. The van der Waals surface area contributed by atoms with Gasteiger partial charge in [-0.05, 0) is 55.5 Å². The van der Waals surface area contributed by atoms with Gasteiger partial charge in [-0.25, -0.2) is 0 Å². The summed E-state index contributed by atoms with van der Waals surface area (Å²) in [7, 11) is 0. The molecule has 1 aliphatic rings. The molecule has 0 unspecified atom stereocenters. The Bertz CT molecular complexity index is 920. The van der Waals surface area contributed by atoms with E-state index >= 15 is 0 Å². The van der Waals surface area contributed by atoms with Gasteiger partial charge in [0, 0.05) is 25.1 Å². The number of nitrogens with zero attached hydrogens (tertiary/aromatic N) is 1. The molecule has 0 spiro atoms. The zero-order chi connectivity index (χ0) is 21.0. The molecule has 3 rings (SSSR count). The van der Waals surface area contributed by atoms with E-state index in [0.29, 0.717) is 18.7 Å². The molecule has 1 saturated heterocycles. The number of esters is 1. The highest BCUT2D eigenvalue weighted by Gasteiger charge is 2.35. The van der Waals surface area contributed by atoms with Gasteiger partial charge < -0.3 is 9.64 Å². The number of aryl methyl sites for hydroxylation is 3. The maximum atomic E-state index is 12.5. The molecular formula is C24H27NO4. The number of amides is 1. The zero-order valence-electron chi connectivity index (χ0n) is 17.2. The van der Waals surface area contributed by atoms with Gasteiger partial charge in [0.05, 0.1) is 5.92 Å². The molecule has 152 valence electrons. The van der Waals surface area contributed by atoms with E-state index in [1.165, 1.54) is 0 Å². The lowest BCUT2D eigenvalue weighted by Gasteiger charge is -2.16. The van der Waals surface area contributed by atoms with Crippen LogP contribution in [0.25, 0.3) is 0 Å². The Hall–Kier alpha value is -2.95. The van der Waals surface area contributed by atoms with Gasteiger partial charge in [-0.2, -0.15) is 0 Å². The number of hydrogen-bond acceptors (Lipinski definition) is 4. The molecule has 5 heteroatoms. The van der Waals surface area contributed by atoms with Crippen LogP contribution in [0, 0.1) is 26.7 Å². The van der Waals surface area contributed by atoms with E-state index in [1.807, 2.05) is 63.2 Å². The molecular weight excluding hydrogens is 366 g/mol. The lowest BCUT2D eigenvalue weighted by molar-refractivity contribution is -0.147. The first-order valence-electron chi connectivity index (χ1n) is 9.94. The largest absolute Gasteiger partial charge is 0.457 e. The molecule has 1 aliphatic heterocycles. The van der Waals surface area contributed by atoms with E-state index in [4.69, 9.17) is 4.74 Å². The predicted octanol–water partition coefficient (Wildman–Crippen LogP) is 3.43. The number of ketones is 1. The first kappa shape index (κ1) is 20.8. The van der Waals surface area contributed by atoms with Crippen molar-refractivity contribution in [2.45, 2.75) is 33.6 Å². The van der Waals surface area contributed by atoms with Gasteiger partial charge in [0.15, 0.2) is 6.61 Å². The minimum absolute atomic E-state index is 0.0424. The van der Waals surface area contributed by atoms with Crippen molar-refractivity contribution < 1.29 is 19.1 Å². The van der Waals surface area contributed by atoms with Gasteiger partial charge in [0.2, 0.25) is 11.7 Å². The Kier molecular flexibility index (Phi) is 6.47. The second-order valence-corrected chi connectivity index (χ2v) is 7.76. The first-order valence-corrected chi connectivity index (χ1v) is 9.94. The predicted molar refractivity (Wildman–Crippen MR) is 111 cm³/mol. The van der Waals surface area contributed by atoms with Gasteiger partial charge in [-0.15, -0.1) is 0 Å². The number of rotatable bonds is 7. The number of likely N-dealkylation sites (tertiary alicyclic amines) is 1. The zero-order valence-corrected chi connectivity index (χ0v) is 17.2. The summed E-state index contributed by atoms with van der Waals surface area (Å²) >= 11 is 0. The van der Waals surface area contributed by atoms with Crippen molar-refractivity contribution in [3.8, 4) is 0 Å². The molecule has 0 radical (unpaired) electrons. The highest BCUT2D eigenvalue weighted by molar-refractivity contribution is 5.99. The minimum Gasteiger partial charge on any atom is -0.457 e. The van der Waals surface area contributed by atoms with Crippen LogP contribution >= 0.6 is 0 Å². The van der Waals surface area contributed by atoms with Gasteiger partial charge >= 0.3 is 5.97 Å². The topological polar surface area (TPSA) is 63.7 Å². The van der Waals surface area contributed by atoms with Crippen LogP contribution in [0.2, 0.25) is 0 Å². The lowest BCUT2D eigenvalue weighted by atomic mass is 9.98. The molecule has 1 atom stereocenters. The van der Waals surface area contributed by atoms with E-state index in [2.05, 4.69) is 0 Å². The summed E-state index contributed by atoms with van der Waals surface area (Å²) in [5, 5.41) is 0. The summed E-state index contributed by atoms with van der Waals surface area (Å²) in [5.41, 5.74) is 4.75. The lowest BCUT2D eigenvalue weighted by Crippen LogP contribution is -2.29. The second-order valence-electron chi connectivity index (χ2n) is 7.76. The Morgan fingerprint density at radius 1 is 1.03 bits per heavy atom. The van der Waals surface area contributed by atoms with Crippen molar-refractivity contribution in [3.63, 3.8) is 0 Å². The fourth-order valence-corrected chi connectivity index (χ4v) is 3.65. The SMILES string of the molecule is Cc1cc(C)c(C(=O)COC(=O)[C@H]2CC(=O)N(CCc3ccccc3)C2)cc1C. The summed E-state index contributed by atoms with van der Waals surface area (Å²) in [4.78, 5) is 38.8. The van der Waals surface area contributed by atoms with Gasteiger partial charge in [-0.1, -0.05) is 36.4 Å². The fraction of sp³-hybridized carbons (Fsp3) is 0.375. The third-order valence-electron chi connectivity index (χ3n) is 5.55. The summed E-state index contributed by atoms with van der Waals surface area (Å²) in [5.74, 6) is -1.24. The summed E-state index contributed by atoms with van der Waals surface area (Å²) in [6.07, 6.45) is 0.892. The van der Waals surface area contributed by atoms with Gasteiger partial charge in [0.25, 0.3) is 0 Å².